The Labute approximate surface area is 264 Å². The van der Waals surface area contributed by atoms with Gasteiger partial charge in [0.1, 0.15) is 22.3 Å². The molecule has 0 aliphatic rings. The van der Waals surface area contributed by atoms with Crippen LogP contribution in [0.4, 0.5) is 0 Å². The molecule has 0 fully saturated rings. The Morgan fingerprint density at radius 1 is 0.283 bits per heavy atom. The largest absolute Gasteiger partial charge is 0.456 e. The third-order valence-corrected chi connectivity index (χ3v) is 9.48. The van der Waals surface area contributed by atoms with Crippen molar-refractivity contribution in [3.8, 4) is 33.4 Å². The van der Waals surface area contributed by atoms with Gasteiger partial charge in [-0.05, 0) is 62.0 Å². The Morgan fingerprint density at radius 3 is 1.48 bits per heavy atom. The van der Waals surface area contributed by atoms with Crippen molar-refractivity contribution in [2.45, 2.75) is 0 Å². The molecule has 10 aromatic rings. The van der Waals surface area contributed by atoms with Crippen molar-refractivity contribution in [1.29, 1.82) is 0 Å². The molecular formula is C44H26O2. The van der Waals surface area contributed by atoms with E-state index >= 15 is 0 Å². The van der Waals surface area contributed by atoms with E-state index in [4.69, 9.17) is 8.83 Å². The number of benzene rings is 8. The minimum absolute atomic E-state index is 0.866. The molecule has 0 saturated heterocycles. The average molecular weight is 587 g/mol. The maximum atomic E-state index is 6.79. The molecule has 0 spiro atoms. The van der Waals surface area contributed by atoms with Crippen LogP contribution in [0.15, 0.2) is 167 Å². The molecule has 10 rings (SSSR count). The van der Waals surface area contributed by atoms with Gasteiger partial charge in [-0.3, -0.25) is 0 Å². The molecule has 2 nitrogen and oxygen atoms in total. The fourth-order valence-electron chi connectivity index (χ4n) is 7.40. The second-order valence-corrected chi connectivity index (χ2v) is 12.0. The summed E-state index contributed by atoms with van der Waals surface area (Å²) in [6, 6.07) is 56.1. The van der Waals surface area contributed by atoms with Gasteiger partial charge in [-0.25, -0.2) is 0 Å². The maximum absolute atomic E-state index is 6.79. The fourth-order valence-corrected chi connectivity index (χ4v) is 7.40. The van der Waals surface area contributed by atoms with Gasteiger partial charge in [0, 0.05) is 32.7 Å². The quantitative estimate of drug-likeness (QED) is 0.193. The molecule has 2 heterocycles. The van der Waals surface area contributed by atoms with E-state index < -0.39 is 0 Å². The minimum Gasteiger partial charge on any atom is -0.456 e. The molecule has 0 aliphatic heterocycles. The fraction of sp³-hybridized carbons (Fsp3) is 0. The van der Waals surface area contributed by atoms with Gasteiger partial charge in [0.25, 0.3) is 0 Å². The summed E-state index contributed by atoms with van der Waals surface area (Å²) in [4.78, 5) is 0. The highest BCUT2D eigenvalue weighted by Gasteiger charge is 2.21. The van der Waals surface area contributed by atoms with Gasteiger partial charge >= 0.3 is 0 Å². The zero-order chi connectivity index (χ0) is 30.2. The molecule has 0 amide bonds. The van der Waals surface area contributed by atoms with E-state index in [-0.39, 0.29) is 0 Å². The van der Waals surface area contributed by atoms with Crippen molar-refractivity contribution in [2.75, 3.05) is 0 Å². The van der Waals surface area contributed by atoms with E-state index in [0.29, 0.717) is 0 Å². The van der Waals surface area contributed by atoms with Crippen molar-refractivity contribution < 1.29 is 8.83 Å². The summed E-state index contributed by atoms with van der Waals surface area (Å²) in [7, 11) is 0. The lowest BCUT2D eigenvalue weighted by Crippen LogP contribution is -1.91. The Bertz CT molecular complexity index is 2720. The van der Waals surface area contributed by atoms with Crippen molar-refractivity contribution in [3.63, 3.8) is 0 Å². The summed E-state index contributed by atoms with van der Waals surface area (Å²) in [6.07, 6.45) is 0. The Kier molecular flexibility index (Phi) is 5.31. The molecule has 0 unspecified atom stereocenters. The summed E-state index contributed by atoms with van der Waals surface area (Å²) < 4.78 is 13.0. The lowest BCUT2D eigenvalue weighted by molar-refractivity contribution is 0.664. The number of hydrogen-bond donors (Lipinski definition) is 0. The van der Waals surface area contributed by atoms with Crippen molar-refractivity contribution in [1.82, 2.24) is 0 Å². The van der Waals surface area contributed by atoms with E-state index in [1.165, 1.54) is 49.4 Å². The first-order chi connectivity index (χ1) is 22.8. The molecule has 46 heavy (non-hydrogen) atoms. The average Bonchev–Trinajstić information content (AvgIpc) is 3.67. The van der Waals surface area contributed by atoms with Gasteiger partial charge in [-0.1, -0.05) is 140 Å². The second-order valence-electron chi connectivity index (χ2n) is 12.0. The van der Waals surface area contributed by atoms with Crippen LogP contribution in [0.1, 0.15) is 0 Å². The molecule has 0 N–H and O–H groups in total. The van der Waals surface area contributed by atoms with E-state index in [2.05, 4.69) is 146 Å². The van der Waals surface area contributed by atoms with Crippen LogP contribution in [0.5, 0.6) is 0 Å². The summed E-state index contributed by atoms with van der Waals surface area (Å²) in [5.74, 6) is 0. The minimum atomic E-state index is 0.866. The number of para-hydroxylation sites is 2. The summed E-state index contributed by atoms with van der Waals surface area (Å²) in [6.45, 7) is 0. The molecule has 0 bridgehead atoms. The number of rotatable bonds is 3. The van der Waals surface area contributed by atoms with Crippen LogP contribution in [0.25, 0.3) is 98.8 Å². The monoisotopic (exact) mass is 586 g/mol. The first-order valence-corrected chi connectivity index (χ1v) is 15.7. The number of fused-ring (bicyclic) bond motifs is 8. The van der Waals surface area contributed by atoms with Crippen LogP contribution in [-0.2, 0) is 0 Å². The van der Waals surface area contributed by atoms with E-state index in [0.717, 1.165) is 49.4 Å². The maximum Gasteiger partial charge on any atom is 0.143 e. The van der Waals surface area contributed by atoms with Gasteiger partial charge in [-0.2, -0.15) is 0 Å². The van der Waals surface area contributed by atoms with Crippen LogP contribution in [0.2, 0.25) is 0 Å². The van der Waals surface area contributed by atoms with E-state index in [9.17, 15) is 0 Å². The molecule has 214 valence electrons. The van der Waals surface area contributed by atoms with Crippen molar-refractivity contribution in [3.05, 3.63) is 158 Å². The van der Waals surface area contributed by atoms with Crippen LogP contribution in [0, 0.1) is 0 Å². The Hall–Kier alpha value is -6.12. The Balaban J connectivity index is 1.24. The van der Waals surface area contributed by atoms with Crippen LogP contribution in [0.3, 0.4) is 0 Å². The molecule has 0 atom stereocenters. The first kappa shape index (κ1) is 25.2. The third-order valence-electron chi connectivity index (χ3n) is 9.48. The predicted octanol–water partition coefficient (Wildman–Crippen LogP) is 12.8. The van der Waals surface area contributed by atoms with E-state index in [1.54, 1.807) is 0 Å². The highest BCUT2D eigenvalue weighted by atomic mass is 16.3. The highest BCUT2D eigenvalue weighted by Crippen LogP contribution is 2.47. The van der Waals surface area contributed by atoms with E-state index in [1.807, 2.05) is 12.1 Å². The predicted molar refractivity (Wildman–Crippen MR) is 192 cm³/mol. The van der Waals surface area contributed by atoms with Crippen LogP contribution >= 0.6 is 0 Å². The number of furan rings is 2. The molecule has 0 aliphatic carbocycles. The summed E-state index contributed by atoms with van der Waals surface area (Å²) in [5.41, 5.74) is 10.7. The smallest absolute Gasteiger partial charge is 0.143 e. The Morgan fingerprint density at radius 2 is 0.783 bits per heavy atom. The van der Waals surface area contributed by atoms with Gasteiger partial charge in [0.05, 0.1) is 0 Å². The standard InChI is InChI=1S/C44H26O2/c1-2-11-27(12-3-1)28-21-23-29(24-22-28)42-31-14-4-6-16-33(31)43(34-17-7-5-15-32(34)42)36-19-10-18-35-38-26-40-37(25-41(38)46-44(35)36)30-13-8-9-20-39(30)45-40/h1-26H. The molecular weight excluding hydrogens is 560 g/mol. The number of hydrogen-bond acceptors (Lipinski definition) is 2. The molecule has 8 aromatic carbocycles. The second kappa shape index (κ2) is 9.69. The molecule has 0 saturated carbocycles. The molecule has 2 aromatic heterocycles. The van der Waals surface area contributed by atoms with Crippen molar-refractivity contribution in [2.24, 2.45) is 0 Å². The van der Waals surface area contributed by atoms with Gasteiger partial charge in [0.2, 0.25) is 0 Å². The molecule has 2 heteroatoms. The van der Waals surface area contributed by atoms with Crippen LogP contribution in [-0.4, -0.2) is 0 Å². The summed E-state index contributed by atoms with van der Waals surface area (Å²) >= 11 is 0. The van der Waals surface area contributed by atoms with Gasteiger partial charge in [-0.15, -0.1) is 0 Å². The van der Waals surface area contributed by atoms with Gasteiger partial charge in [0.15, 0.2) is 0 Å². The first-order valence-electron chi connectivity index (χ1n) is 15.7. The topological polar surface area (TPSA) is 26.3 Å². The zero-order valence-corrected chi connectivity index (χ0v) is 24.8. The summed E-state index contributed by atoms with van der Waals surface area (Å²) in [5, 5.41) is 9.18. The zero-order valence-electron chi connectivity index (χ0n) is 24.8. The molecule has 0 radical (unpaired) electrons. The third kappa shape index (κ3) is 3.65. The van der Waals surface area contributed by atoms with Crippen molar-refractivity contribution >= 4 is 65.4 Å². The normalized spacial score (nSPS) is 11.9. The lowest BCUT2D eigenvalue weighted by atomic mass is 9.85. The van der Waals surface area contributed by atoms with Gasteiger partial charge < -0.3 is 8.83 Å². The lowest BCUT2D eigenvalue weighted by Gasteiger charge is -2.18. The highest BCUT2D eigenvalue weighted by molar-refractivity contribution is 6.25. The van der Waals surface area contributed by atoms with Crippen LogP contribution < -0.4 is 0 Å². The SMILES string of the molecule is c1ccc(-c2ccc(-c3c4ccccc4c(-c4cccc5c4oc4cc6c(cc45)oc4ccccc46)c4ccccc34)cc2)cc1.